The molecule has 0 saturated heterocycles. The van der Waals surface area contributed by atoms with Gasteiger partial charge in [0.25, 0.3) is 0 Å². The molecule has 0 aliphatic heterocycles. The Hall–Kier alpha value is -1.23. The Morgan fingerprint density at radius 3 is 2.47 bits per heavy atom. The van der Waals surface area contributed by atoms with E-state index in [2.05, 4.69) is 0 Å². The van der Waals surface area contributed by atoms with Crippen LogP contribution in [0.1, 0.15) is 16.5 Å². The van der Waals surface area contributed by atoms with E-state index in [-0.39, 0.29) is 6.04 Å². The van der Waals surface area contributed by atoms with Gasteiger partial charge in [0.15, 0.2) is 11.5 Å². The third kappa shape index (κ3) is 3.41. The molecule has 0 spiro atoms. The van der Waals surface area contributed by atoms with Crippen LogP contribution in [0.25, 0.3) is 0 Å². The zero-order valence-corrected chi connectivity index (χ0v) is 12.4. The summed E-state index contributed by atoms with van der Waals surface area (Å²) in [7, 11) is 3.23. The highest BCUT2D eigenvalue weighted by Crippen LogP contribution is 2.31. The van der Waals surface area contributed by atoms with Gasteiger partial charge in [-0.05, 0) is 29.8 Å². The molecule has 1 aromatic carbocycles. The molecule has 19 heavy (non-hydrogen) atoms. The topological polar surface area (TPSA) is 44.5 Å². The maximum Gasteiger partial charge on any atom is 0.161 e. The molecule has 0 saturated carbocycles. The van der Waals surface area contributed by atoms with Gasteiger partial charge in [0.05, 0.1) is 18.6 Å². The highest BCUT2D eigenvalue weighted by molar-refractivity contribution is 7.16. The number of thiophene rings is 1. The molecule has 102 valence electrons. The number of methoxy groups -OCH3 is 2. The number of ether oxygens (including phenoxy) is 2. The Morgan fingerprint density at radius 2 is 1.89 bits per heavy atom. The van der Waals surface area contributed by atoms with E-state index in [1.54, 1.807) is 25.6 Å². The van der Waals surface area contributed by atoms with E-state index in [9.17, 15) is 0 Å². The summed E-state index contributed by atoms with van der Waals surface area (Å²) in [6.07, 6.45) is 0.757. The molecular formula is C14H16ClNO2S. The second-order valence-electron chi connectivity index (χ2n) is 4.13. The van der Waals surface area contributed by atoms with Crippen molar-refractivity contribution >= 4 is 22.9 Å². The molecule has 1 unspecified atom stereocenters. The predicted octanol–water partition coefficient (Wildman–Crippen LogP) is 3.66. The molecule has 1 heterocycles. The first-order valence-electron chi connectivity index (χ1n) is 5.85. The van der Waals surface area contributed by atoms with Crippen LogP contribution in [0.4, 0.5) is 0 Å². The monoisotopic (exact) mass is 297 g/mol. The van der Waals surface area contributed by atoms with Gasteiger partial charge in [-0.1, -0.05) is 17.7 Å². The Labute approximate surface area is 121 Å². The van der Waals surface area contributed by atoms with Crippen LogP contribution in [0.5, 0.6) is 11.5 Å². The van der Waals surface area contributed by atoms with E-state index >= 15 is 0 Å². The fourth-order valence-electron chi connectivity index (χ4n) is 1.88. The lowest BCUT2D eigenvalue weighted by Gasteiger charge is -2.14. The lowest BCUT2D eigenvalue weighted by atomic mass is 10.0. The molecule has 1 atom stereocenters. The SMILES string of the molecule is COc1ccc(C(N)Cc2ccc(Cl)s2)cc1OC. The third-order valence-corrected chi connectivity index (χ3v) is 4.14. The van der Waals surface area contributed by atoms with Gasteiger partial charge in [0, 0.05) is 17.3 Å². The van der Waals surface area contributed by atoms with Crippen molar-refractivity contribution < 1.29 is 9.47 Å². The Kier molecular flexibility index (Phi) is 4.69. The molecule has 0 aliphatic carbocycles. The molecule has 0 fully saturated rings. The van der Waals surface area contributed by atoms with Gasteiger partial charge in [0.2, 0.25) is 0 Å². The summed E-state index contributed by atoms with van der Waals surface area (Å²) in [6.45, 7) is 0. The summed E-state index contributed by atoms with van der Waals surface area (Å²) in [5.41, 5.74) is 7.23. The Morgan fingerprint density at radius 1 is 1.16 bits per heavy atom. The largest absolute Gasteiger partial charge is 0.493 e. The number of nitrogens with two attached hydrogens (primary N) is 1. The van der Waals surface area contributed by atoms with Gasteiger partial charge in [-0.2, -0.15) is 0 Å². The van der Waals surface area contributed by atoms with Crippen molar-refractivity contribution in [3.05, 3.63) is 45.1 Å². The van der Waals surface area contributed by atoms with Crippen LogP contribution >= 0.6 is 22.9 Å². The van der Waals surface area contributed by atoms with E-state index in [0.717, 1.165) is 16.3 Å². The van der Waals surface area contributed by atoms with Crippen LogP contribution in [-0.2, 0) is 6.42 Å². The first kappa shape index (κ1) is 14.2. The minimum atomic E-state index is -0.0884. The van der Waals surface area contributed by atoms with Crippen LogP contribution in [0.15, 0.2) is 30.3 Å². The van der Waals surface area contributed by atoms with Crippen molar-refractivity contribution in [2.24, 2.45) is 5.73 Å². The fraction of sp³-hybridized carbons (Fsp3) is 0.286. The average molecular weight is 298 g/mol. The van der Waals surface area contributed by atoms with Crippen molar-refractivity contribution in [3.8, 4) is 11.5 Å². The lowest BCUT2D eigenvalue weighted by Crippen LogP contribution is -2.12. The van der Waals surface area contributed by atoms with Gasteiger partial charge in [0.1, 0.15) is 0 Å². The Bertz CT molecular complexity index is 556. The maximum atomic E-state index is 6.22. The molecular weight excluding hydrogens is 282 g/mol. The van der Waals surface area contributed by atoms with Crippen LogP contribution in [0.3, 0.4) is 0 Å². The number of halogens is 1. The molecule has 3 nitrogen and oxygen atoms in total. The summed E-state index contributed by atoms with van der Waals surface area (Å²) in [5, 5.41) is 0. The molecule has 5 heteroatoms. The van der Waals surface area contributed by atoms with Gasteiger partial charge < -0.3 is 15.2 Å². The smallest absolute Gasteiger partial charge is 0.161 e. The number of hydrogen-bond donors (Lipinski definition) is 1. The van der Waals surface area contributed by atoms with E-state index in [0.29, 0.717) is 11.5 Å². The highest BCUT2D eigenvalue weighted by Gasteiger charge is 2.12. The number of benzene rings is 1. The van der Waals surface area contributed by atoms with Crippen molar-refractivity contribution in [2.45, 2.75) is 12.5 Å². The van der Waals surface area contributed by atoms with Gasteiger partial charge in [-0.3, -0.25) is 0 Å². The molecule has 0 radical (unpaired) electrons. The predicted molar refractivity (Wildman–Crippen MR) is 79.5 cm³/mol. The maximum absolute atomic E-state index is 6.22. The van der Waals surface area contributed by atoms with E-state index < -0.39 is 0 Å². The molecule has 0 amide bonds. The molecule has 0 bridgehead atoms. The summed E-state index contributed by atoms with van der Waals surface area (Å²) >= 11 is 7.48. The zero-order chi connectivity index (χ0) is 13.8. The number of rotatable bonds is 5. The van der Waals surface area contributed by atoms with Crippen molar-refractivity contribution in [1.82, 2.24) is 0 Å². The minimum absolute atomic E-state index is 0.0884. The minimum Gasteiger partial charge on any atom is -0.493 e. The van der Waals surface area contributed by atoms with Gasteiger partial charge >= 0.3 is 0 Å². The normalized spacial score (nSPS) is 12.2. The van der Waals surface area contributed by atoms with Gasteiger partial charge in [-0.25, -0.2) is 0 Å². The second-order valence-corrected chi connectivity index (χ2v) is 5.93. The lowest BCUT2D eigenvalue weighted by molar-refractivity contribution is 0.354. The van der Waals surface area contributed by atoms with E-state index in [1.807, 2.05) is 30.3 Å². The van der Waals surface area contributed by atoms with Crippen molar-refractivity contribution in [1.29, 1.82) is 0 Å². The fourth-order valence-corrected chi connectivity index (χ4v) is 3.03. The average Bonchev–Trinajstić information content (AvgIpc) is 2.83. The molecule has 2 N–H and O–H groups in total. The van der Waals surface area contributed by atoms with Crippen molar-refractivity contribution in [3.63, 3.8) is 0 Å². The molecule has 0 aliphatic rings. The third-order valence-electron chi connectivity index (χ3n) is 2.89. The zero-order valence-electron chi connectivity index (χ0n) is 10.9. The summed E-state index contributed by atoms with van der Waals surface area (Å²) in [6, 6.07) is 9.56. The van der Waals surface area contributed by atoms with Crippen LogP contribution in [0, 0.1) is 0 Å². The Balaban J connectivity index is 2.16. The highest BCUT2D eigenvalue weighted by atomic mass is 35.5. The molecule has 2 rings (SSSR count). The first-order valence-corrected chi connectivity index (χ1v) is 7.05. The van der Waals surface area contributed by atoms with Crippen molar-refractivity contribution in [2.75, 3.05) is 14.2 Å². The molecule has 2 aromatic rings. The van der Waals surface area contributed by atoms with E-state index in [4.69, 9.17) is 26.8 Å². The van der Waals surface area contributed by atoms with Gasteiger partial charge in [-0.15, -0.1) is 11.3 Å². The van der Waals surface area contributed by atoms with Crippen LogP contribution in [-0.4, -0.2) is 14.2 Å². The molecule has 1 aromatic heterocycles. The summed E-state index contributed by atoms with van der Waals surface area (Å²) < 4.78 is 11.3. The number of hydrogen-bond acceptors (Lipinski definition) is 4. The van der Waals surface area contributed by atoms with Crippen LogP contribution in [0.2, 0.25) is 4.34 Å². The quantitative estimate of drug-likeness (QED) is 0.916. The summed E-state index contributed by atoms with van der Waals surface area (Å²) in [5.74, 6) is 1.40. The summed E-state index contributed by atoms with van der Waals surface area (Å²) in [4.78, 5) is 1.17. The van der Waals surface area contributed by atoms with Crippen LogP contribution < -0.4 is 15.2 Å². The standard InChI is InChI=1S/C14H16ClNO2S/c1-17-12-5-3-9(7-13(12)18-2)11(16)8-10-4-6-14(15)19-10/h3-7,11H,8,16H2,1-2H3. The second kappa shape index (κ2) is 6.28. The van der Waals surface area contributed by atoms with E-state index in [1.165, 1.54) is 4.88 Å². The first-order chi connectivity index (χ1) is 9.13.